The van der Waals surface area contributed by atoms with Crippen molar-refractivity contribution in [3.63, 3.8) is 0 Å². The van der Waals surface area contributed by atoms with Gasteiger partial charge in [0.2, 0.25) is 0 Å². The maximum atomic E-state index is 12.4. The van der Waals surface area contributed by atoms with Gasteiger partial charge in [0.25, 0.3) is 5.91 Å². The predicted octanol–water partition coefficient (Wildman–Crippen LogP) is 3.05. The number of benzene rings is 1. The number of nitrogens with two attached hydrogens (primary N) is 1. The molecule has 0 bridgehead atoms. The Hall–Kier alpha value is -2.93. The molecule has 7 heteroatoms. The fraction of sp³-hybridized carbons (Fsp3) is 0.0625. The number of nitrogens with one attached hydrogen (secondary N) is 1. The predicted molar refractivity (Wildman–Crippen MR) is 90.7 cm³/mol. The fourth-order valence-electron chi connectivity index (χ4n) is 2.00. The molecule has 0 radical (unpaired) electrons. The number of nitrogen functional groups attached to an aromatic ring is 1. The highest BCUT2D eigenvalue weighted by Gasteiger charge is 2.17. The molecule has 0 unspecified atom stereocenters. The van der Waals surface area contributed by atoms with E-state index in [1.165, 1.54) is 11.3 Å². The molecule has 6 nitrogen and oxygen atoms in total. The number of carbonyl (C=O) groups excluding carboxylic acids is 1. The van der Waals surface area contributed by atoms with Crippen LogP contribution in [0.25, 0.3) is 10.6 Å². The average Bonchev–Trinajstić information content (AvgIpc) is 2.98. The molecule has 0 spiro atoms. The lowest BCUT2D eigenvalue weighted by Crippen LogP contribution is -2.12. The number of ether oxygens (including phenoxy) is 1. The number of rotatable bonds is 4. The zero-order valence-corrected chi connectivity index (χ0v) is 13.1. The molecule has 3 N–H and O–H groups in total. The van der Waals surface area contributed by atoms with Crippen molar-refractivity contribution in [1.29, 1.82) is 0 Å². The number of carbonyl (C=O) groups is 1. The Morgan fingerprint density at radius 2 is 2.17 bits per heavy atom. The van der Waals surface area contributed by atoms with Gasteiger partial charge >= 0.3 is 0 Å². The van der Waals surface area contributed by atoms with Crippen LogP contribution in [0.4, 0.5) is 11.5 Å². The zero-order chi connectivity index (χ0) is 16.2. The SMILES string of the molecule is COc1cccc(NC(=O)c2sc(-c3cccnc3)nc2N)c1. The molecular weight excluding hydrogens is 312 g/mol. The molecule has 3 rings (SSSR count). The summed E-state index contributed by atoms with van der Waals surface area (Å²) in [5, 5.41) is 3.45. The van der Waals surface area contributed by atoms with E-state index >= 15 is 0 Å². The van der Waals surface area contributed by atoms with Crippen molar-refractivity contribution >= 4 is 28.7 Å². The zero-order valence-electron chi connectivity index (χ0n) is 12.3. The maximum Gasteiger partial charge on any atom is 0.269 e. The topological polar surface area (TPSA) is 90.1 Å². The van der Waals surface area contributed by atoms with Crippen molar-refractivity contribution in [2.45, 2.75) is 0 Å². The van der Waals surface area contributed by atoms with Gasteiger partial charge in [0, 0.05) is 29.7 Å². The molecule has 0 aliphatic heterocycles. The van der Waals surface area contributed by atoms with Crippen molar-refractivity contribution < 1.29 is 9.53 Å². The second kappa shape index (κ2) is 6.45. The molecular formula is C16H14N4O2S. The van der Waals surface area contributed by atoms with Gasteiger partial charge in [0.1, 0.15) is 21.5 Å². The van der Waals surface area contributed by atoms with Gasteiger partial charge in [-0.2, -0.15) is 0 Å². The van der Waals surface area contributed by atoms with Crippen LogP contribution in [0.5, 0.6) is 5.75 Å². The average molecular weight is 326 g/mol. The highest BCUT2D eigenvalue weighted by Crippen LogP contribution is 2.30. The Morgan fingerprint density at radius 1 is 1.30 bits per heavy atom. The summed E-state index contributed by atoms with van der Waals surface area (Å²) in [6.07, 6.45) is 3.36. The minimum Gasteiger partial charge on any atom is -0.497 e. The van der Waals surface area contributed by atoms with Crippen LogP contribution >= 0.6 is 11.3 Å². The number of anilines is 2. The monoisotopic (exact) mass is 326 g/mol. The molecule has 0 atom stereocenters. The Kier molecular flexibility index (Phi) is 4.20. The number of thiazole rings is 1. The van der Waals surface area contributed by atoms with Crippen LogP contribution in [0.2, 0.25) is 0 Å². The molecule has 0 fully saturated rings. The second-order valence-corrected chi connectivity index (χ2v) is 5.66. The summed E-state index contributed by atoms with van der Waals surface area (Å²) >= 11 is 1.23. The highest BCUT2D eigenvalue weighted by molar-refractivity contribution is 7.17. The Morgan fingerprint density at radius 3 is 2.91 bits per heavy atom. The van der Waals surface area contributed by atoms with Crippen LogP contribution in [0.15, 0.2) is 48.8 Å². The number of aromatic nitrogens is 2. The molecule has 2 heterocycles. The molecule has 1 aromatic carbocycles. The first-order valence-electron chi connectivity index (χ1n) is 6.79. The minimum atomic E-state index is -0.302. The lowest BCUT2D eigenvalue weighted by atomic mass is 10.3. The molecule has 116 valence electrons. The van der Waals surface area contributed by atoms with Gasteiger partial charge in [-0.05, 0) is 24.3 Å². The quantitative estimate of drug-likeness (QED) is 0.769. The molecule has 0 saturated carbocycles. The van der Waals surface area contributed by atoms with Gasteiger partial charge in [-0.25, -0.2) is 4.98 Å². The van der Waals surface area contributed by atoms with Gasteiger partial charge in [0.15, 0.2) is 0 Å². The first kappa shape index (κ1) is 15.0. The molecule has 0 aliphatic rings. The third kappa shape index (κ3) is 3.29. The van der Waals surface area contributed by atoms with E-state index in [-0.39, 0.29) is 11.7 Å². The summed E-state index contributed by atoms with van der Waals surface area (Å²) in [5.41, 5.74) is 7.34. The van der Waals surface area contributed by atoms with Crippen molar-refractivity contribution in [3.8, 4) is 16.3 Å². The molecule has 1 amide bonds. The summed E-state index contributed by atoms with van der Waals surface area (Å²) in [4.78, 5) is 21.1. The highest BCUT2D eigenvalue weighted by atomic mass is 32.1. The number of pyridine rings is 1. The minimum absolute atomic E-state index is 0.203. The lowest BCUT2D eigenvalue weighted by molar-refractivity contribution is 0.103. The Balaban J connectivity index is 1.84. The third-order valence-electron chi connectivity index (χ3n) is 3.10. The smallest absolute Gasteiger partial charge is 0.269 e. The van der Waals surface area contributed by atoms with Gasteiger partial charge in [-0.3, -0.25) is 9.78 Å². The maximum absolute atomic E-state index is 12.4. The molecule has 23 heavy (non-hydrogen) atoms. The largest absolute Gasteiger partial charge is 0.497 e. The normalized spacial score (nSPS) is 10.3. The number of hydrogen-bond donors (Lipinski definition) is 2. The van der Waals surface area contributed by atoms with Gasteiger partial charge < -0.3 is 15.8 Å². The standard InChI is InChI=1S/C16H14N4O2S/c1-22-12-6-2-5-11(8-12)19-15(21)13-14(17)20-16(23-13)10-4-3-7-18-9-10/h2-9H,17H2,1H3,(H,19,21). The van der Waals surface area contributed by atoms with Crippen LogP contribution in [0.1, 0.15) is 9.67 Å². The van der Waals surface area contributed by atoms with Crippen LogP contribution in [-0.4, -0.2) is 23.0 Å². The van der Waals surface area contributed by atoms with E-state index in [0.29, 0.717) is 21.3 Å². The Labute approximate surface area is 137 Å². The number of methoxy groups -OCH3 is 1. The molecule has 3 aromatic rings. The van der Waals surface area contributed by atoms with E-state index in [4.69, 9.17) is 10.5 Å². The van der Waals surface area contributed by atoms with Crippen LogP contribution in [0, 0.1) is 0 Å². The van der Waals surface area contributed by atoms with E-state index in [9.17, 15) is 4.79 Å². The van der Waals surface area contributed by atoms with E-state index < -0.39 is 0 Å². The first-order chi connectivity index (χ1) is 11.2. The van der Waals surface area contributed by atoms with Gasteiger partial charge in [-0.15, -0.1) is 11.3 Å². The van der Waals surface area contributed by atoms with Crippen molar-refractivity contribution in [2.24, 2.45) is 0 Å². The summed E-state index contributed by atoms with van der Waals surface area (Å²) in [7, 11) is 1.57. The van der Waals surface area contributed by atoms with Crippen molar-refractivity contribution in [2.75, 3.05) is 18.2 Å². The third-order valence-corrected chi connectivity index (χ3v) is 4.21. The second-order valence-electron chi connectivity index (χ2n) is 4.66. The van der Waals surface area contributed by atoms with E-state index in [0.717, 1.165) is 5.56 Å². The van der Waals surface area contributed by atoms with Crippen LogP contribution < -0.4 is 15.8 Å². The van der Waals surface area contributed by atoms with Crippen LogP contribution in [-0.2, 0) is 0 Å². The van der Waals surface area contributed by atoms with Crippen molar-refractivity contribution in [1.82, 2.24) is 9.97 Å². The number of amides is 1. The van der Waals surface area contributed by atoms with Crippen LogP contribution in [0.3, 0.4) is 0 Å². The summed E-state index contributed by atoms with van der Waals surface area (Å²) in [5.74, 6) is 0.564. The summed E-state index contributed by atoms with van der Waals surface area (Å²) < 4.78 is 5.14. The lowest BCUT2D eigenvalue weighted by Gasteiger charge is -2.05. The first-order valence-corrected chi connectivity index (χ1v) is 7.61. The van der Waals surface area contributed by atoms with Gasteiger partial charge in [-0.1, -0.05) is 6.07 Å². The molecule has 0 aliphatic carbocycles. The summed E-state index contributed by atoms with van der Waals surface area (Å²) in [6.45, 7) is 0. The Bertz CT molecular complexity index is 833. The number of nitrogens with zero attached hydrogens (tertiary/aromatic N) is 2. The summed E-state index contributed by atoms with van der Waals surface area (Å²) in [6, 6.07) is 10.8. The van der Waals surface area contributed by atoms with Gasteiger partial charge in [0.05, 0.1) is 7.11 Å². The van der Waals surface area contributed by atoms with E-state index in [1.807, 2.05) is 12.1 Å². The van der Waals surface area contributed by atoms with E-state index in [2.05, 4.69) is 15.3 Å². The van der Waals surface area contributed by atoms with E-state index in [1.54, 1.807) is 43.8 Å². The molecule has 2 aromatic heterocycles. The molecule has 0 saturated heterocycles. The number of hydrogen-bond acceptors (Lipinski definition) is 6. The fourth-order valence-corrected chi connectivity index (χ4v) is 2.87. The van der Waals surface area contributed by atoms with Crippen molar-refractivity contribution in [3.05, 3.63) is 53.7 Å².